The van der Waals surface area contributed by atoms with Crippen molar-refractivity contribution in [3.63, 3.8) is 0 Å². The molecule has 0 atom stereocenters. The van der Waals surface area contributed by atoms with Crippen LogP contribution in [0.4, 0.5) is 0 Å². The molecule has 108 valence electrons. The number of para-hydroxylation sites is 2. The van der Waals surface area contributed by atoms with Crippen molar-refractivity contribution in [3.05, 3.63) is 48.0 Å². The maximum atomic E-state index is 4.62. The number of aryl methyl sites for hydroxylation is 1. The summed E-state index contributed by atoms with van der Waals surface area (Å²) in [5.74, 6) is 0.667. The fourth-order valence-corrected chi connectivity index (χ4v) is 2.29. The molecule has 5 heteroatoms. The van der Waals surface area contributed by atoms with Crippen molar-refractivity contribution >= 4 is 11.0 Å². The van der Waals surface area contributed by atoms with Crippen LogP contribution in [-0.2, 0) is 6.54 Å². The first-order valence-corrected chi connectivity index (χ1v) is 7.25. The molecular weight excluding hydrogens is 262 g/mol. The number of fused-ring (bicyclic) bond motifs is 1. The Morgan fingerprint density at radius 2 is 2.05 bits per heavy atom. The zero-order chi connectivity index (χ0) is 14.7. The van der Waals surface area contributed by atoms with E-state index >= 15 is 0 Å². The third kappa shape index (κ3) is 2.78. The highest BCUT2D eigenvalue weighted by atomic mass is 15.2. The predicted octanol–water partition coefficient (Wildman–Crippen LogP) is 2.62. The van der Waals surface area contributed by atoms with Gasteiger partial charge in [0.15, 0.2) is 0 Å². The van der Waals surface area contributed by atoms with Gasteiger partial charge in [0, 0.05) is 24.0 Å². The summed E-state index contributed by atoms with van der Waals surface area (Å²) in [6.07, 6.45) is 4.79. The molecule has 0 aliphatic rings. The van der Waals surface area contributed by atoms with Gasteiger partial charge in [-0.15, -0.1) is 0 Å². The second kappa shape index (κ2) is 6.01. The van der Waals surface area contributed by atoms with Crippen molar-refractivity contribution in [2.24, 2.45) is 0 Å². The van der Waals surface area contributed by atoms with Crippen LogP contribution in [0.1, 0.15) is 24.6 Å². The van der Waals surface area contributed by atoms with E-state index in [9.17, 15) is 0 Å². The van der Waals surface area contributed by atoms with Crippen molar-refractivity contribution in [2.45, 2.75) is 26.8 Å². The first-order valence-electron chi connectivity index (χ1n) is 7.25. The van der Waals surface area contributed by atoms with Gasteiger partial charge in [0.05, 0.1) is 11.0 Å². The maximum absolute atomic E-state index is 4.62. The molecule has 0 amide bonds. The lowest BCUT2D eigenvalue weighted by Crippen LogP contribution is -2.16. The lowest BCUT2D eigenvalue weighted by molar-refractivity contribution is 0.667. The summed E-state index contributed by atoms with van der Waals surface area (Å²) in [5.41, 5.74) is 4.11. The molecule has 1 N–H and O–H groups in total. The summed E-state index contributed by atoms with van der Waals surface area (Å²) in [5, 5.41) is 3.38. The molecule has 0 aliphatic carbocycles. The molecule has 0 bridgehead atoms. The zero-order valence-electron chi connectivity index (χ0n) is 12.4. The Balaban J connectivity index is 1.91. The molecule has 0 aliphatic heterocycles. The minimum atomic E-state index is 0.667. The van der Waals surface area contributed by atoms with Crippen LogP contribution >= 0.6 is 0 Å². The van der Waals surface area contributed by atoms with Crippen LogP contribution in [0.2, 0.25) is 0 Å². The number of nitrogens with one attached hydrogen (secondary N) is 1. The third-order valence-corrected chi connectivity index (χ3v) is 3.48. The summed E-state index contributed by atoms with van der Waals surface area (Å²) in [6, 6.07) is 7.99. The molecule has 2 heterocycles. The van der Waals surface area contributed by atoms with E-state index in [1.807, 2.05) is 42.0 Å². The van der Waals surface area contributed by atoms with Crippen LogP contribution in [0.25, 0.3) is 17.0 Å². The number of hydrogen-bond donors (Lipinski definition) is 1. The molecule has 0 radical (unpaired) electrons. The van der Waals surface area contributed by atoms with Crippen molar-refractivity contribution in [1.82, 2.24) is 24.8 Å². The predicted molar refractivity (Wildman–Crippen MR) is 83.4 cm³/mol. The highest BCUT2D eigenvalue weighted by molar-refractivity contribution is 5.76. The van der Waals surface area contributed by atoms with Gasteiger partial charge in [-0.25, -0.2) is 15.0 Å². The van der Waals surface area contributed by atoms with Crippen molar-refractivity contribution in [1.29, 1.82) is 0 Å². The van der Waals surface area contributed by atoms with E-state index in [1.54, 1.807) is 6.33 Å². The van der Waals surface area contributed by atoms with Crippen molar-refractivity contribution in [3.8, 4) is 5.95 Å². The summed E-state index contributed by atoms with van der Waals surface area (Å²) in [4.78, 5) is 13.5. The van der Waals surface area contributed by atoms with E-state index < -0.39 is 0 Å². The normalized spacial score (nSPS) is 11.1. The van der Waals surface area contributed by atoms with Crippen LogP contribution in [0.3, 0.4) is 0 Å². The molecule has 3 aromatic rings. The SMILES string of the molecule is CCCNCc1cnc(-n2cnc3ccccc32)nc1C. The van der Waals surface area contributed by atoms with Gasteiger partial charge < -0.3 is 5.32 Å². The van der Waals surface area contributed by atoms with Crippen molar-refractivity contribution < 1.29 is 0 Å². The van der Waals surface area contributed by atoms with Crippen LogP contribution < -0.4 is 5.32 Å². The van der Waals surface area contributed by atoms with Crippen molar-refractivity contribution in [2.75, 3.05) is 6.54 Å². The lowest BCUT2D eigenvalue weighted by Gasteiger charge is -2.08. The van der Waals surface area contributed by atoms with E-state index in [4.69, 9.17) is 0 Å². The van der Waals surface area contributed by atoms with Gasteiger partial charge in [0.25, 0.3) is 0 Å². The van der Waals surface area contributed by atoms with Gasteiger partial charge in [-0.05, 0) is 32.0 Å². The molecule has 2 aromatic heterocycles. The molecule has 5 nitrogen and oxygen atoms in total. The number of rotatable bonds is 5. The topological polar surface area (TPSA) is 55.6 Å². The third-order valence-electron chi connectivity index (χ3n) is 3.48. The monoisotopic (exact) mass is 281 g/mol. The van der Waals surface area contributed by atoms with Crippen LogP contribution in [0.5, 0.6) is 0 Å². The fourth-order valence-electron chi connectivity index (χ4n) is 2.29. The number of nitrogens with zero attached hydrogens (tertiary/aromatic N) is 4. The molecule has 21 heavy (non-hydrogen) atoms. The summed E-state index contributed by atoms with van der Waals surface area (Å²) in [6.45, 7) is 5.99. The van der Waals surface area contributed by atoms with Crippen LogP contribution in [0, 0.1) is 6.92 Å². The molecule has 0 saturated heterocycles. The van der Waals surface area contributed by atoms with Gasteiger partial charge in [0.2, 0.25) is 5.95 Å². The summed E-state index contributed by atoms with van der Waals surface area (Å²) >= 11 is 0. The molecule has 0 unspecified atom stereocenters. The Morgan fingerprint density at radius 3 is 2.86 bits per heavy atom. The molecule has 0 spiro atoms. The minimum Gasteiger partial charge on any atom is -0.313 e. The summed E-state index contributed by atoms with van der Waals surface area (Å²) in [7, 11) is 0. The number of aromatic nitrogens is 4. The second-order valence-corrected chi connectivity index (χ2v) is 5.06. The van der Waals surface area contributed by atoms with E-state index in [0.717, 1.165) is 41.8 Å². The number of imidazole rings is 1. The molecule has 0 saturated carbocycles. The van der Waals surface area contributed by atoms with Gasteiger partial charge in [0.1, 0.15) is 6.33 Å². The average Bonchev–Trinajstić information content (AvgIpc) is 2.93. The highest BCUT2D eigenvalue weighted by Gasteiger charge is 2.08. The lowest BCUT2D eigenvalue weighted by atomic mass is 10.2. The minimum absolute atomic E-state index is 0.667. The Bertz CT molecular complexity index is 747. The Hall–Kier alpha value is -2.27. The molecule has 0 fully saturated rings. The Labute approximate surface area is 124 Å². The Kier molecular flexibility index (Phi) is 3.92. The number of benzene rings is 1. The van der Waals surface area contributed by atoms with Gasteiger partial charge in [-0.2, -0.15) is 0 Å². The highest BCUT2D eigenvalue weighted by Crippen LogP contribution is 2.16. The number of hydrogen-bond acceptors (Lipinski definition) is 4. The Morgan fingerprint density at radius 1 is 1.19 bits per heavy atom. The molecular formula is C16H19N5. The molecule has 1 aromatic carbocycles. The first-order chi connectivity index (χ1) is 10.3. The standard InChI is InChI=1S/C16H19N5/c1-3-8-17-9-13-10-18-16(20-12(13)2)21-11-19-14-6-4-5-7-15(14)21/h4-7,10-11,17H,3,8-9H2,1-2H3. The van der Waals surface area contributed by atoms with Crippen LogP contribution in [0.15, 0.2) is 36.8 Å². The van der Waals surface area contributed by atoms with E-state index in [1.165, 1.54) is 0 Å². The summed E-state index contributed by atoms with van der Waals surface area (Å²) < 4.78 is 1.92. The second-order valence-electron chi connectivity index (χ2n) is 5.06. The van der Waals surface area contributed by atoms with Gasteiger partial charge >= 0.3 is 0 Å². The smallest absolute Gasteiger partial charge is 0.235 e. The van der Waals surface area contributed by atoms with E-state index in [2.05, 4.69) is 27.2 Å². The fraction of sp³-hybridized carbons (Fsp3) is 0.312. The zero-order valence-corrected chi connectivity index (χ0v) is 12.4. The van der Waals surface area contributed by atoms with Gasteiger partial charge in [-0.3, -0.25) is 4.57 Å². The van der Waals surface area contributed by atoms with E-state index in [0.29, 0.717) is 5.95 Å². The molecule has 3 rings (SSSR count). The average molecular weight is 281 g/mol. The quantitative estimate of drug-likeness (QED) is 0.730. The first kappa shape index (κ1) is 13.7. The van der Waals surface area contributed by atoms with E-state index in [-0.39, 0.29) is 0 Å². The largest absolute Gasteiger partial charge is 0.313 e. The maximum Gasteiger partial charge on any atom is 0.235 e. The van der Waals surface area contributed by atoms with Gasteiger partial charge in [-0.1, -0.05) is 19.1 Å². The van der Waals surface area contributed by atoms with Crippen LogP contribution in [-0.4, -0.2) is 26.1 Å².